The van der Waals surface area contributed by atoms with Crippen LogP contribution in [0.1, 0.15) is 39.2 Å². The highest BCUT2D eigenvalue weighted by Gasteiger charge is 2.17. The molecule has 0 aliphatic rings. The summed E-state index contributed by atoms with van der Waals surface area (Å²) in [6, 6.07) is 2.03. The molecule has 17 heavy (non-hydrogen) atoms. The van der Waals surface area contributed by atoms with Crippen molar-refractivity contribution < 1.29 is 4.74 Å². The van der Waals surface area contributed by atoms with Gasteiger partial charge in [-0.3, -0.25) is 0 Å². The molecule has 0 fully saturated rings. The summed E-state index contributed by atoms with van der Waals surface area (Å²) in [5, 5.41) is 3.24. The predicted molar refractivity (Wildman–Crippen MR) is 70.5 cm³/mol. The zero-order chi connectivity index (χ0) is 12.9. The fraction of sp³-hybridized carbons (Fsp3) is 0.692. The fourth-order valence-corrected chi connectivity index (χ4v) is 1.46. The smallest absolute Gasteiger partial charge is 0.133 e. The van der Waals surface area contributed by atoms with Crippen LogP contribution in [0.25, 0.3) is 0 Å². The molecule has 0 saturated heterocycles. The summed E-state index contributed by atoms with van der Waals surface area (Å²) in [6.45, 7) is 10.1. The summed E-state index contributed by atoms with van der Waals surface area (Å²) in [5.74, 6) is 1.74. The van der Waals surface area contributed by atoms with Gasteiger partial charge in [-0.25, -0.2) is 9.97 Å². The van der Waals surface area contributed by atoms with Crippen LogP contribution in [-0.2, 0) is 16.6 Å². The van der Waals surface area contributed by atoms with Crippen molar-refractivity contribution in [1.29, 1.82) is 0 Å². The van der Waals surface area contributed by atoms with Gasteiger partial charge in [0, 0.05) is 31.6 Å². The molecule has 0 radical (unpaired) electrons. The molecule has 1 heterocycles. The third-order valence-electron chi connectivity index (χ3n) is 2.43. The van der Waals surface area contributed by atoms with E-state index in [2.05, 4.69) is 43.0 Å². The largest absolute Gasteiger partial charge is 0.384 e. The average molecular weight is 237 g/mol. The Balaban J connectivity index is 3.01. The lowest BCUT2D eigenvalue weighted by Gasteiger charge is -2.19. The van der Waals surface area contributed by atoms with Crippen LogP contribution < -0.4 is 5.32 Å². The van der Waals surface area contributed by atoms with Crippen LogP contribution in [0, 0.1) is 0 Å². The Morgan fingerprint density at radius 3 is 2.53 bits per heavy atom. The third-order valence-corrected chi connectivity index (χ3v) is 2.43. The molecule has 0 aliphatic carbocycles. The molecule has 4 heteroatoms. The molecule has 1 aromatic rings. The van der Waals surface area contributed by atoms with E-state index in [1.54, 1.807) is 7.11 Å². The quantitative estimate of drug-likeness (QED) is 0.854. The summed E-state index contributed by atoms with van der Waals surface area (Å²) in [6.07, 6.45) is 0.749. The monoisotopic (exact) mass is 237 g/mol. The van der Waals surface area contributed by atoms with Crippen molar-refractivity contribution in [2.24, 2.45) is 0 Å². The van der Waals surface area contributed by atoms with E-state index < -0.39 is 0 Å². The lowest BCUT2D eigenvalue weighted by molar-refractivity contribution is 0.200. The van der Waals surface area contributed by atoms with E-state index in [4.69, 9.17) is 4.74 Å². The minimum atomic E-state index is 0.0366. The first-order valence-corrected chi connectivity index (χ1v) is 6.08. The number of methoxy groups -OCH3 is 1. The van der Waals surface area contributed by atoms with Crippen LogP contribution in [0.5, 0.6) is 0 Å². The van der Waals surface area contributed by atoms with Crippen molar-refractivity contribution >= 4 is 5.82 Å². The van der Waals surface area contributed by atoms with E-state index >= 15 is 0 Å². The topological polar surface area (TPSA) is 47.0 Å². The molecule has 0 saturated carbocycles. The van der Waals surface area contributed by atoms with Crippen molar-refractivity contribution in [2.75, 3.05) is 25.6 Å². The molecular formula is C13H23N3O. The molecule has 0 atom stereocenters. The second kappa shape index (κ2) is 5.96. The van der Waals surface area contributed by atoms with E-state index in [-0.39, 0.29) is 5.41 Å². The fourth-order valence-electron chi connectivity index (χ4n) is 1.46. The van der Waals surface area contributed by atoms with Gasteiger partial charge in [-0.2, -0.15) is 0 Å². The van der Waals surface area contributed by atoms with Crippen molar-refractivity contribution in [3.63, 3.8) is 0 Å². The van der Waals surface area contributed by atoms with Gasteiger partial charge in [0.2, 0.25) is 0 Å². The van der Waals surface area contributed by atoms with Gasteiger partial charge in [0.1, 0.15) is 11.6 Å². The molecule has 0 amide bonds. The van der Waals surface area contributed by atoms with Crippen LogP contribution in [-0.4, -0.2) is 30.2 Å². The van der Waals surface area contributed by atoms with Crippen LogP contribution in [0.15, 0.2) is 6.07 Å². The lowest BCUT2D eigenvalue weighted by atomic mass is 9.92. The van der Waals surface area contributed by atoms with Gasteiger partial charge in [0.25, 0.3) is 0 Å². The normalized spacial score (nSPS) is 11.6. The first-order valence-electron chi connectivity index (χ1n) is 6.08. The molecule has 0 aliphatic heterocycles. The molecule has 1 N–H and O–H groups in total. The molecule has 1 aromatic heterocycles. The van der Waals surface area contributed by atoms with Crippen LogP contribution >= 0.6 is 0 Å². The summed E-state index contributed by atoms with van der Waals surface area (Å²) in [4.78, 5) is 9.07. The Morgan fingerprint density at radius 2 is 2.00 bits per heavy atom. The molecule has 96 valence electrons. The summed E-state index contributed by atoms with van der Waals surface area (Å²) in [5.41, 5.74) is 1.10. The Hall–Kier alpha value is -1.16. The van der Waals surface area contributed by atoms with Crippen molar-refractivity contribution in [2.45, 2.75) is 39.5 Å². The molecule has 0 aromatic carbocycles. The summed E-state index contributed by atoms with van der Waals surface area (Å²) < 4.78 is 5.07. The first-order chi connectivity index (χ1) is 7.97. The van der Waals surface area contributed by atoms with E-state index in [0.717, 1.165) is 30.3 Å². The van der Waals surface area contributed by atoms with Gasteiger partial charge in [-0.15, -0.1) is 0 Å². The highest BCUT2D eigenvalue weighted by atomic mass is 16.5. The standard InChI is InChI=1S/C13H23N3O/c1-6-14-12-9-10(13(2,3)4)15-11(16-12)7-8-17-5/h9H,6-8H2,1-5H3,(H,14,15,16). The minimum Gasteiger partial charge on any atom is -0.384 e. The predicted octanol–water partition coefficient (Wildman–Crippen LogP) is 2.39. The number of aromatic nitrogens is 2. The van der Waals surface area contributed by atoms with Crippen molar-refractivity contribution in [3.05, 3.63) is 17.6 Å². The number of hydrogen-bond acceptors (Lipinski definition) is 4. The summed E-state index contributed by atoms with van der Waals surface area (Å²) in [7, 11) is 1.69. The van der Waals surface area contributed by atoms with E-state index in [9.17, 15) is 0 Å². The zero-order valence-electron chi connectivity index (χ0n) is 11.5. The van der Waals surface area contributed by atoms with Gasteiger partial charge in [-0.05, 0) is 6.92 Å². The van der Waals surface area contributed by atoms with Gasteiger partial charge in [0.15, 0.2) is 0 Å². The van der Waals surface area contributed by atoms with Crippen molar-refractivity contribution in [1.82, 2.24) is 9.97 Å². The van der Waals surface area contributed by atoms with Crippen LogP contribution in [0.2, 0.25) is 0 Å². The average Bonchev–Trinajstić information content (AvgIpc) is 2.25. The van der Waals surface area contributed by atoms with Gasteiger partial charge < -0.3 is 10.1 Å². The number of hydrogen-bond donors (Lipinski definition) is 1. The first kappa shape index (κ1) is 13.9. The second-order valence-corrected chi connectivity index (χ2v) is 5.08. The third kappa shape index (κ3) is 4.30. The highest BCUT2D eigenvalue weighted by molar-refractivity contribution is 5.37. The van der Waals surface area contributed by atoms with Crippen LogP contribution in [0.3, 0.4) is 0 Å². The number of ether oxygens (including phenoxy) is 1. The van der Waals surface area contributed by atoms with Crippen molar-refractivity contribution in [3.8, 4) is 0 Å². The number of anilines is 1. The SMILES string of the molecule is CCNc1cc(C(C)(C)C)nc(CCOC)n1. The number of nitrogens with zero attached hydrogens (tertiary/aromatic N) is 2. The van der Waals surface area contributed by atoms with Gasteiger partial charge in [-0.1, -0.05) is 20.8 Å². The molecule has 1 rings (SSSR count). The minimum absolute atomic E-state index is 0.0366. The van der Waals surface area contributed by atoms with E-state index in [0.29, 0.717) is 6.61 Å². The zero-order valence-corrected chi connectivity index (χ0v) is 11.5. The Morgan fingerprint density at radius 1 is 1.29 bits per heavy atom. The molecule has 4 nitrogen and oxygen atoms in total. The maximum atomic E-state index is 5.07. The van der Waals surface area contributed by atoms with E-state index in [1.807, 2.05) is 6.07 Å². The number of nitrogens with one attached hydrogen (secondary N) is 1. The summed E-state index contributed by atoms with van der Waals surface area (Å²) >= 11 is 0. The highest BCUT2D eigenvalue weighted by Crippen LogP contribution is 2.22. The maximum Gasteiger partial charge on any atom is 0.133 e. The van der Waals surface area contributed by atoms with Gasteiger partial charge in [0.05, 0.1) is 12.3 Å². The molecular weight excluding hydrogens is 214 g/mol. The lowest BCUT2D eigenvalue weighted by Crippen LogP contribution is -2.17. The molecule has 0 unspecified atom stereocenters. The Kier molecular flexibility index (Phi) is 4.87. The second-order valence-electron chi connectivity index (χ2n) is 5.08. The van der Waals surface area contributed by atoms with E-state index in [1.165, 1.54) is 0 Å². The maximum absolute atomic E-state index is 5.07. The molecule has 0 spiro atoms. The Labute approximate surface area is 104 Å². The van der Waals surface area contributed by atoms with Gasteiger partial charge >= 0.3 is 0 Å². The number of rotatable bonds is 5. The molecule has 0 bridgehead atoms. The van der Waals surface area contributed by atoms with Crippen LogP contribution in [0.4, 0.5) is 5.82 Å². The Bertz CT molecular complexity index is 358.